The van der Waals surface area contributed by atoms with Gasteiger partial charge >= 0.3 is 0 Å². The standard InChI is InChI=1S/C21H26N4O3S2/c1-13(2)25-12-18(14(3)23-25)30(27,28)24-10-9-15(11-24)19-16-7-5-6-8-17(16)29-20(19)21(26)22-4/h5-8,12-13,15H,9-11H2,1-4H3,(H,22,26). The fourth-order valence-corrected chi connectivity index (χ4v) is 6.95. The number of carbonyl (C=O) groups excluding carboxylic acids is 1. The molecule has 1 aliphatic heterocycles. The normalized spacial score (nSPS) is 17.8. The lowest BCUT2D eigenvalue weighted by atomic mass is 9.95. The molecule has 1 fully saturated rings. The first-order chi connectivity index (χ1) is 14.2. The van der Waals surface area contributed by atoms with Crippen LogP contribution in [0, 0.1) is 6.92 Å². The van der Waals surface area contributed by atoms with Gasteiger partial charge in [0.2, 0.25) is 10.0 Å². The zero-order chi connectivity index (χ0) is 21.6. The summed E-state index contributed by atoms with van der Waals surface area (Å²) < 4.78 is 30.9. The Bertz CT molecular complexity index is 1210. The van der Waals surface area contributed by atoms with Crippen LogP contribution in [0.5, 0.6) is 0 Å². The van der Waals surface area contributed by atoms with Crippen LogP contribution in [-0.2, 0) is 10.0 Å². The summed E-state index contributed by atoms with van der Waals surface area (Å²) in [5.41, 5.74) is 1.47. The zero-order valence-electron chi connectivity index (χ0n) is 17.5. The van der Waals surface area contributed by atoms with E-state index < -0.39 is 10.0 Å². The van der Waals surface area contributed by atoms with Crippen LogP contribution < -0.4 is 5.32 Å². The average molecular weight is 447 g/mol. The molecule has 4 rings (SSSR count). The highest BCUT2D eigenvalue weighted by Crippen LogP contribution is 2.41. The molecule has 3 heterocycles. The van der Waals surface area contributed by atoms with Crippen LogP contribution in [0.2, 0.25) is 0 Å². The number of nitrogens with zero attached hydrogens (tertiary/aromatic N) is 3. The second kappa shape index (κ2) is 7.79. The quantitative estimate of drug-likeness (QED) is 0.650. The molecule has 0 bridgehead atoms. The molecular formula is C21H26N4O3S2. The van der Waals surface area contributed by atoms with Gasteiger partial charge in [-0.05, 0) is 44.2 Å². The van der Waals surface area contributed by atoms with Gasteiger partial charge < -0.3 is 5.32 Å². The molecule has 3 aromatic rings. The molecule has 1 aromatic carbocycles. The molecular weight excluding hydrogens is 420 g/mol. The van der Waals surface area contributed by atoms with Crippen LogP contribution in [0.4, 0.5) is 0 Å². The second-order valence-electron chi connectivity index (χ2n) is 7.92. The molecule has 0 aliphatic carbocycles. The molecule has 1 saturated heterocycles. The lowest BCUT2D eigenvalue weighted by molar-refractivity contribution is 0.0966. The van der Waals surface area contributed by atoms with Crippen molar-refractivity contribution in [2.45, 2.75) is 44.0 Å². The minimum absolute atomic E-state index is 0.0244. The number of nitrogens with one attached hydrogen (secondary N) is 1. The van der Waals surface area contributed by atoms with Crippen molar-refractivity contribution >= 4 is 37.4 Å². The highest BCUT2D eigenvalue weighted by Gasteiger charge is 2.37. The van der Waals surface area contributed by atoms with Crippen LogP contribution in [-0.4, -0.2) is 48.5 Å². The Labute approximate surface area is 180 Å². The molecule has 1 amide bonds. The Morgan fingerprint density at radius 2 is 2.03 bits per heavy atom. The number of aromatic nitrogens is 2. The first-order valence-electron chi connectivity index (χ1n) is 10.0. The number of fused-ring (bicyclic) bond motifs is 1. The number of sulfonamides is 1. The van der Waals surface area contributed by atoms with Crippen LogP contribution in [0.15, 0.2) is 35.4 Å². The van der Waals surface area contributed by atoms with Gasteiger partial charge in [-0.2, -0.15) is 9.40 Å². The molecule has 1 atom stereocenters. The van der Waals surface area contributed by atoms with Crippen LogP contribution in [0.25, 0.3) is 10.1 Å². The lowest BCUT2D eigenvalue weighted by Crippen LogP contribution is -2.29. The summed E-state index contributed by atoms with van der Waals surface area (Å²) >= 11 is 1.46. The fourth-order valence-electron chi connectivity index (χ4n) is 4.06. The molecule has 1 aliphatic rings. The molecule has 1 N–H and O–H groups in total. The Balaban J connectivity index is 1.69. The molecule has 7 nitrogen and oxygen atoms in total. The number of hydrogen-bond acceptors (Lipinski definition) is 5. The first-order valence-corrected chi connectivity index (χ1v) is 12.3. The maximum atomic E-state index is 13.3. The smallest absolute Gasteiger partial charge is 0.261 e. The molecule has 0 spiro atoms. The number of thiophene rings is 1. The Morgan fingerprint density at radius 1 is 1.30 bits per heavy atom. The van der Waals surface area contributed by atoms with Gasteiger partial charge in [-0.3, -0.25) is 9.48 Å². The summed E-state index contributed by atoms with van der Waals surface area (Å²) in [6.45, 7) is 6.46. The number of aryl methyl sites for hydroxylation is 1. The summed E-state index contributed by atoms with van der Waals surface area (Å²) in [6, 6.07) is 8.02. The summed E-state index contributed by atoms with van der Waals surface area (Å²) in [7, 11) is -2.02. The highest BCUT2D eigenvalue weighted by molar-refractivity contribution is 7.89. The molecule has 30 heavy (non-hydrogen) atoms. The van der Waals surface area contributed by atoms with Crippen molar-refractivity contribution in [1.82, 2.24) is 19.4 Å². The summed E-state index contributed by atoms with van der Waals surface area (Å²) in [5.74, 6) is -0.148. The van der Waals surface area contributed by atoms with Crippen LogP contribution in [0.3, 0.4) is 0 Å². The SMILES string of the molecule is CNC(=O)c1sc2ccccc2c1C1CCN(S(=O)(=O)c2cn(C(C)C)nc2C)C1. The van der Waals surface area contributed by atoms with Gasteiger partial charge in [0, 0.05) is 43.0 Å². The minimum Gasteiger partial charge on any atom is -0.354 e. The predicted octanol–water partition coefficient (Wildman–Crippen LogP) is 3.52. The maximum absolute atomic E-state index is 13.3. The van der Waals surface area contributed by atoms with E-state index in [1.165, 1.54) is 15.6 Å². The zero-order valence-corrected chi connectivity index (χ0v) is 19.2. The molecule has 9 heteroatoms. The van der Waals surface area contributed by atoms with E-state index in [1.807, 2.05) is 38.1 Å². The fraction of sp³-hybridized carbons (Fsp3) is 0.429. The summed E-state index contributed by atoms with van der Waals surface area (Å²) in [4.78, 5) is 13.5. The Hall–Kier alpha value is -2.23. The Morgan fingerprint density at radius 3 is 2.70 bits per heavy atom. The van der Waals surface area contributed by atoms with Gasteiger partial charge in [0.25, 0.3) is 5.91 Å². The molecule has 2 aromatic heterocycles. The number of carbonyl (C=O) groups is 1. The van der Waals surface area contributed by atoms with Gasteiger partial charge in [0.15, 0.2) is 0 Å². The third-order valence-electron chi connectivity index (χ3n) is 5.64. The Kier molecular flexibility index (Phi) is 5.46. The summed E-state index contributed by atoms with van der Waals surface area (Å²) in [5, 5.41) is 8.12. The predicted molar refractivity (Wildman–Crippen MR) is 119 cm³/mol. The second-order valence-corrected chi connectivity index (χ2v) is 10.9. The van der Waals surface area contributed by atoms with E-state index in [9.17, 15) is 13.2 Å². The van der Waals surface area contributed by atoms with Gasteiger partial charge in [-0.25, -0.2) is 8.42 Å². The third kappa shape index (κ3) is 3.44. The number of hydrogen-bond donors (Lipinski definition) is 1. The summed E-state index contributed by atoms with van der Waals surface area (Å²) in [6.07, 6.45) is 2.31. The van der Waals surface area contributed by atoms with Crippen molar-refractivity contribution in [1.29, 1.82) is 0 Å². The van der Waals surface area contributed by atoms with E-state index in [1.54, 1.807) is 24.9 Å². The van der Waals surface area contributed by atoms with E-state index in [2.05, 4.69) is 10.4 Å². The van der Waals surface area contributed by atoms with Crippen LogP contribution in [0.1, 0.15) is 53.2 Å². The number of rotatable bonds is 5. The van der Waals surface area contributed by atoms with Crippen LogP contribution >= 0.6 is 11.3 Å². The van der Waals surface area contributed by atoms with Gasteiger partial charge in [0.1, 0.15) is 4.90 Å². The van der Waals surface area contributed by atoms with E-state index in [-0.39, 0.29) is 22.8 Å². The van der Waals surface area contributed by atoms with E-state index in [4.69, 9.17) is 0 Å². The van der Waals surface area contributed by atoms with Crippen molar-refractivity contribution in [2.24, 2.45) is 0 Å². The van der Waals surface area contributed by atoms with Crippen molar-refractivity contribution < 1.29 is 13.2 Å². The molecule has 160 valence electrons. The van der Waals surface area contributed by atoms with Gasteiger partial charge in [-0.1, -0.05) is 18.2 Å². The monoisotopic (exact) mass is 446 g/mol. The third-order valence-corrected chi connectivity index (χ3v) is 8.80. The van der Waals surface area contributed by atoms with Crippen molar-refractivity contribution in [2.75, 3.05) is 20.1 Å². The number of amides is 1. The maximum Gasteiger partial charge on any atom is 0.261 e. The highest BCUT2D eigenvalue weighted by atomic mass is 32.2. The van der Waals surface area contributed by atoms with E-state index in [0.717, 1.165) is 15.6 Å². The lowest BCUT2D eigenvalue weighted by Gasteiger charge is -2.17. The van der Waals surface area contributed by atoms with Crippen molar-refractivity contribution in [3.63, 3.8) is 0 Å². The molecule has 1 unspecified atom stereocenters. The molecule has 0 saturated carbocycles. The first kappa shape index (κ1) is 21.0. The molecule has 0 radical (unpaired) electrons. The van der Waals surface area contributed by atoms with Gasteiger partial charge in [-0.15, -0.1) is 11.3 Å². The van der Waals surface area contributed by atoms with Gasteiger partial charge in [0.05, 0.1) is 10.6 Å². The van der Waals surface area contributed by atoms with Crippen molar-refractivity contribution in [3.8, 4) is 0 Å². The number of benzene rings is 1. The largest absolute Gasteiger partial charge is 0.354 e. The average Bonchev–Trinajstić information content (AvgIpc) is 3.43. The topological polar surface area (TPSA) is 84.3 Å². The minimum atomic E-state index is -3.65. The van der Waals surface area contributed by atoms with Crippen molar-refractivity contribution in [3.05, 3.63) is 46.6 Å². The van der Waals surface area contributed by atoms with E-state index >= 15 is 0 Å². The van der Waals surface area contributed by atoms with E-state index in [0.29, 0.717) is 30.1 Å².